The molecule has 8 heteroatoms. The minimum absolute atomic E-state index is 0.216. The summed E-state index contributed by atoms with van der Waals surface area (Å²) >= 11 is 6.41. The van der Waals surface area contributed by atoms with Gasteiger partial charge in [0.15, 0.2) is 0 Å². The first-order valence-electron chi connectivity index (χ1n) is 13.2. The molecule has 0 heterocycles. The highest BCUT2D eigenvalue weighted by atomic mass is 35.5. The van der Waals surface area contributed by atoms with Gasteiger partial charge in [-0.05, 0) is 64.3 Å². The number of rotatable bonds is 8. The number of carbonyl (C=O) groups is 3. The Bertz CT molecular complexity index is 1330. The summed E-state index contributed by atoms with van der Waals surface area (Å²) in [6.45, 7) is 11.0. The minimum Gasteiger partial charge on any atom is -0.444 e. The number of nitrogens with zero attached hydrogens (tertiary/aromatic N) is 1. The topological polar surface area (TPSA) is 87.7 Å². The van der Waals surface area contributed by atoms with E-state index in [4.69, 9.17) is 16.3 Å². The predicted octanol–water partition coefficient (Wildman–Crippen LogP) is 6.54. The number of halogens is 1. The molecule has 2 unspecified atom stereocenters. The Labute approximate surface area is 241 Å². The molecule has 3 aromatic rings. The van der Waals surface area contributed by atoms with Gasteiger partial charge in [-0.1, -0.05) is 83.4 Å². The molecule has 7 nitrogen and oxygen atoms in total. The molecule has 3 aromatic carbocycles. The van der Waals surface area contributed by atoms with Crippen LogP contribution in [0.1, 0.15) is 54.6 Å². The quantitative estimate of drug-likeness (QED) is 0.326. The molecule has 0 aromatic heterocycles. The zero-order valence-electron chi connectivity index (χ0n) is 24.2. The van der Waals surface area contributed by atoms with Crippen molar-refractivity contribution >= 4 is 35.2 Å². The first-order chi connectivity index (χ1) is 18.7. The van der Waals surface area contributed by atoms with Gasteiger partial charge in [0.2, 0.25) is 5.91 Å². The van der Waals surface area contributed by atoms with Crippen LogP contribution >= 0.6 is 11.6 Å². The number of carbonyl (C=O) groups excluding carboxylic acids is 3. The van der Waals surface area contributed by atoms with Crippen molar-refractivity contribution in [2.24, 2.45) is 0 Å². The fraction of sp³-hybridized carbons (Fsp3) is 0.344. The van der Waals surface area contributed by atoms with Crippen LogP contribution in [0.2, 0.25) is 5.02 Å². The second-order valence-electron chi connectivity index (χ2n) is 11.1. The number of ether oxygens (including phenoxy) is 1. The van der Waals surface area contributed by atoms with Crippen LogP contribution in [-0.2, 0) is 20.7 Å². The first-order valence-corrected chi connectivity index (χ1v) is 13.6. The monoisotopic (exact) mass is 563 g/mol. The zero-order chi connectivity index (χ0) is 29.6. The summed E-state index contributed by atoms with van der Waals surface area (Å²) < 4.78 is 5.45. The van der Waals surface area contributed by atoms with Gasteiger partial charge in [0.05, 0.1) is 10.7 Å². The minimum atomic E-state index is -1.000. The largest absolute Gasteiger partial charge is 0.444 e. The highest BCUT2D eigenvalue weighted by Gasteiger charge is 2.35. The number of hydrogen-bond acceptors (Lipinski definition) is 4. The summed E-state index contributed by atoms with van der Waals surface area (Å²) in [4.78, 5) is 42.1. The third kappa shape index (κ3) is 8.33. The summed E-state index contributed by atoms with van der Waals surface area (Å²) in [6.07, 6.45) is -0.497. The van der Waals surface area contributed by atoms with E-state index >= 15 is 0 Å². The van der Waals surface area contributed by atoms with E-state index in [0.717, 1.165) is 22.3 Å². The molecule has 3 rings (SSSR count). The normalized spacial score (nSPS) is 12.7. The lowest BCUT2D eigenvalue weighted by atomic mass is 9.98. The molecule has 212 valence electrons. The van der Waals surface area contributed by atoms with Crippen molar-refractivity contribution in [2.45, 2.75) is 65.6 Å². The van der Waals surface area contributed by atoms with Gasteiger partial charge in [0.1, 0.15) is 17.7 Å². The van der Waals surface area contributed by atoms with E-state index in [1.54, 1.807) is 40.0 Å². The standard InChI is InChI=1S/C32H38ClN3O4/c1-20-16-21(2)18-24(17-20)28(29(37)35-27-22(3)12-11-15-25(27)33)36(7)30(38)26(19-23-13-9-8-10-14-23)34-31(39)40-32(4,5)6/h8-18,26,28H,19H2,1-7H3,(H,34,39)(H,35,37). The zero-order valence-corrected chi connectivity index (χ0v) is 24.9. The van der Waals surface area contributed by atoms with Crippen molar-refractivity contribution in [3.05, 3.63) is 99.6 Å². The van der Waals surface area contributed by atoms with E-state index < -0.39 is 35.6 Å². The van der Waals surface area contributed by atoms with Crippen molar-refractivity contribution in [3.63, 3.8) is 0 Å². The molecule has 0 aliphatic heterocycles. The van der Waals surface area contributed by atoms with Crippen molar-refractivity contribution in [1.82, 2.24) is 10.2 Å². The van der Waals surface area contributed by atoms with Crippen LogP contribution in [0, 0.1) is 20.8 Å². The Morgan fingerprint density at radius 2 is 1.55 bits per heavy atom. The lowest BCUT2D eigenvalue weighted by molar-refractivity contribution is -0.139. The number of benzene rings is 3. The van der Waals surface area contributed by atoms with Crippen molar-refractivity contribution in [2.75, 3.05) is 12.4 Å². The number of amides is 3. The molecule has 0 fully saturated rings. The van der Waals surface area contributed by atoms with Gasteiger partial charge >= 0.3 is 6.09 Å². The van der Waals surface area contributed by atoms with E-state index in [2.05, 4.69) is 10.6 Å². The van der Waals surface area contributed by atoms with Crippen LogP contribution in [0.5, 0.6) is 0 Å². The Hall–Kier alpha value is -3.84. The van der Waals surface area contributed by atoms with Crippen LogP contribution in [0.15, 0.2) is 66.7 Å². The van der Waals surface area contributed by atoms with E-state index in [1.807, 2.05) is 75.4 Å². The fourth-order valence-corrected chi connectivity index (χ4v) is 4.84. The molecular formula is C32H38ClN3O4. The molecule has 3 amide bonds. The second-order valence-corrected chi connectivity index (χ2v) is 11.5. The summed E-state index contributed by atoms with van der Waals surface area (Å²) in [6, 6.07) is 18.5. The SMILES string of the molecule is Cc1cc(C)cc(C(C(=O)Nc2c(C)cccc2Cl)N(C)C(=O)C(Cc2ccccc2)NC(=O)OC(C)(C)C)c1. The average molecular weight is 564 g/mol. The predicted molar refractivity (Wildman–Crippen MR) is 160 cm³/mol. The Morgan fingerprint density at radius 3 is 2.12 bits per heavy atom. The first kappa shape index (κ1) is 30.7. The second kappa shape index (κ2) is 13.0. The smallest absolute Gasteiger partial charge is 0.408 e. The highest BCUT2D eigenvalue weighted by Crippen LogP contribution is 2.29. The van der Waals surface area contributed by atoms with Crippen LogP contribution in [-0.4, -0.2) is 41.5 Å². The Kier molecular flexibility index (Phi) is 9.98. The third-order valence-corrected chi connectivity index (χ3v) is 6.60. The molecule has 0 radical (unpaired) electrons. The van der Waals surface area contributed by atoms with Crippen molar-refractivity contribution in [1.29, 1.82) is 0 Å². The molecule has 0 saturated heterocycles. The maximum atomic E-state index is 14.1. The lowest BCUT2D eigenvalue weighted by Crippen LogP contribution is -2.52. The van der Waals surface area contributed by atoms with Gasteiger partial charge in [-0.25, -0.2) is 4.79 Å². The maximum Gasteiger partial charge on any atom is 0.408 e. The number of alkyl carbamates (subject to hydrolysis) is 1. The fourth-order valence-electron chi connectivity index (χ4n) is 4.57. The van der Waals surface area contributed by atoms with Crippen LogP contribution in [0.3, 0.4) is 0 Å². The van der Waals surface area contributed by atoms with E-state index in [-0.39, 0.29) is 6.42 Å². The number of nitrogens with one attached hydrogen (secondary N) is 2. The summed E-state index contributed by atoms with van der Waals surface area (Å²) in [7, 11) is 1.57. The maximum absolute atomic E-state index is 14.1. The van der Waals surface area contributed by atoms with Gasteiger partial charge in [-0.15, -0.1) is 0 Å². The molecule has 0 spiro atoms. The van der Waals surface area contributed by atoms with Crippen LogP contribution < -0.4 is 10.6 Å². The summed E-state index contributed by atoms with van der Waals surface area (Å²) in [5.74, 6) is -0.863. The van der Waals surface area contributed by atoms with Gasteiger partial charge in [-0.3, -0.25) is 9.59 Å². The summed E-state index contributed by atoms with van der Waals surface area (Å²) in [5, 5.41) is 6.07. The Balaban J connectivity index is 2.01. The van der Waals surface area contributed by atoms with Gasteiger partial charge in [0.25, 0.3) is 5.91 Å². The van der Waals surface area contributed by atoms with E-state index in [9.17, 15) is 14.4 Å². The molecule has 0 aliphatic rings. The van der Waals surface area contributed by atoms with Gasteiger partial charge < -0.3 is 20.3 Å². The number of para-hydroxylation sites is 1. The molecule has 0 bridgehead atoms. The molecule has 0 aliphatic carbocycles. The van der Waals surface area contributed by atoms with E-state index in [1.165, 1.54) is 4.90 Å². The van der Waals surface area contributed by atoms with Crippen molar-refractivity contribution < 1.29 is 19.1 Å². The average Bonchev–Trinajstić information content (AvgIpc) is 2.84. The number of aryl methyl sites for hydroxylation is 3. The third-order valence-electron chi connectivity index (χ3n) is 6.28. The molecule has 40 heavy (non-hydrogen) atoms. The van der Waals surface area contributed by atoms with Crippen LogP contribution in [0.4, 0.5) is 10.5 Å². The van der Waals surface area contributed by atoms with Crippen LogP contribution in [0.25, 0.3) is 0 Å². The Morgan fingerprint density at radius 1 is 0.925 bits per heavy atom. The molecule has 2 N–H and O–H groups in total. The lowest BCUT2D eigenvalue weighted by Gasteiger charge is -2.32. The molecular weight excluding hydrogens is 526 g/mol. The number of anilines is 1. The van der Waals surface area contributed by atoms with E-state index in [0.29, 0.717) is 16.3 Å². The highest BCUT2D eigenvalue weighted by molar-refractivity contribution is 6.34. The molecule has 0 saturated carbocycles. The van der Waals surface area contributed by atoms with Gasteiger partial charge in [0, 0.05) is 13.5 Å². The number of hydrogen-bond donors (Lipinski definition) is 2. The molecule has 2 atom stereocenters. The van der Waals surface area contributed by atoms with Crippen molar-refractivity contribution in [3.8, 4) is 0 Å². The summed E-state index contributed by atoms with van der Waals surface area (Å²) in [5.41, 5.74) is 3.94. The van der Waals surface area contributed by atoms with Gasteiger partial charge in [-0.2, -0.15) is 0 Å². The number of likely N-dealkylation sites (N-methyl/N-ethyl adjacent to an activating group) is 1.